The molecule has 0 heterocycles. The molecule has 0 unspecified atom stereocenters. The van der Waals surface area contributed by atoms with Gasteiger partial charge in [-0.25, -0.2) is 0 Å². The van der Waals surface area contributed by atoms with Crippen LogP contribution in [0.4, 0.5) is 0 Å². The van der Waals surface area contributed by atoms with E-state index in [1.165, 1.54) is 0 Å². The van der Waals surface area contributed by atoms with Crippen LogP contribution in [0, 0.1) is 5.41 Å². The summed E-state index contributed by atoms with van der Waals surface area (Å²) in [5.74, 6) is -0.495. The lowest BCUT2D eigenvalue weighted by Crippen LogP contribution is -2.42. The molecule has 0 aliphatic heterocycles. The Kier molecular flexibility index (Phi) is 7.83. The van der Waals surface area contributed by atoms with Gasteiger partial charge in [-0.1, -0.05) is 13.8 Å². The first kappa shape index (κ1) is 17.1. The van der Waals surface area contributed by atoms with E-state index in [9.17, 15) is 9.59 Å². The number of Topliss-reactive ketones (excluding diaryl/α,β-unsaturated/α-hetero) is 1. The molecule has 0 aliphatic rings. The minimum Gasteiger partial charge on any atom is -0.465 e. The van der Waals surface area contributed by atoms with Crippen molar-refractivity contribution < 1.29 is 14.3 Å². The predicted octanol–water partition coefficient (Wildman–Crippen LogP) is 2.27. The smallest absolute Gasteiger partial charge is 0.319 e. The van der Waals surface area contributed by atoms with Crippen molar-refractivity contribution in [3.63, 3.8) is 0 Å². The maximum atomic E-state index is 12.2. The van der Waals surface area contributed by atoms with Gasteiger partial charge in [0, 0.05) is 0 Å². The van der Waals surface area contributed by atoms with Crippen molar-refractivity contribution in [2.24, 2.45) is 5.41 Å². The summed E-state index contributed by atoms with van der Waals surface area (Å²) in [4.78, 5) is 26.0. The number of esters is 1. The molecule has 18 heavy (non-hydrogen) atoms. The van der Waals surface area contributed by atoms with Crippen molar-refractivity contribution in [1.29, 1.82) is 0 Å². The number of hydrogen-bond donors (Lipinski definition) is 0. The molecule has 0 fully saturated rings. The third-order valence-electron chi connectivity index (χ3n) is 2.93. The van der Waals surface area contributed by atoms with E-state index in [-0.39, 0.29) is 5.78 Å². The zero-order chi connectivity index (χ0) is 14.2. The van der Waals surface area contributed by atoms with Gasteiger partial charge in [0.05, 0.1) is 13.2 Å². The molecule has 0 aliphatic carbocycles. The SMILES string of the molecule is CCCN(CCC)CC(=O)C(C)(C)C(=O)OCC. The summed E-state index contributed by atoms with van der Waals surface area (Å²) in [6.07, 6.45) is 2.01. The first-order chi connectivity index (χ1) is 8.39. The van der Waals surface area contributed by atoms with E-state index in [1.54, 1.807) is 20.8 Å². The third-order valence-corrected chi connectivity index (χ3v) is 2.93. The van der Waals surface area contributed by atoms with Crippen LogP contribution in [0.5, 0.6) is 0 Å². The topological polar surface area (TPSA) is 46.6 Å². The first-order valence-corrected chi connectivity index (χ1v) is 6.82. The molecule has 0 atom stereocenters. The molecule has 0 bridgehead atoms. The van der Waals surface area contributed by atoms with Crippen LogP contribution in [-0.2, 0) is 14.3 Å². The summed E-state index contributed by atoms with van der Waals surface area (Å²) >= 11 is 0. The minimum atomic E-state index is -1.05. The van der Waals surface area contributed by atoms with Gasteiger partial charge in [0.25, 0.3) is 0 Å². The van der Waals surface area contributed by atoms with Gasteiger partial charge in [-0.15, -0.1) is 0 Å². The molecule has 0 saturated carbocycles. The first-order valence-electron chi connectivity index (χ1n) is 6.82. The van der Waals surface area contributed by atoms with Crippen LogP contribution in [0.1, 0.15) is 47.5 Å². The second-order valence-electron chi connectivity index (χ2n) is 5.04. The van der Waals surface area contributed by atoms with E-state index >= 15 is 0 Å². The second-order valence-corrected chi connectivity index (χ2v) is 5.04. The normalized spacial score (nSPS) is 11.7. The van der Waals surface area contributed by atoms with E-state index in [4.69, 9.17) is 4.74 Å². The van der Waals surface area contributed by atoms with Crippen molar-refractivity contribution in [3.05, 3.63) is 0 Å². The molecule has 0 saturated heterocycles. The Labute approximate surface area is 111 Å². The molecular weight excluding hydrogens is 230 g/mol. The van der Waals surface area contributed by atoms with Crippen LogP contribution in [0.15, 0.2) is 0 Å². The average Bonchev–Trinajstić information content (AvgIpc) is 2.29. The Balaban J connectivity index is 4.55. The molecule has 106 valence electrons. The Morgan fingerprint density at radius 3 is 1.94 bits per heavy atom. The fourth-order valence-corrected chi connectivity index (χ4v) is 1.73. The van der Waals surface area contributed by atoms with Gasteiger partial charge in [-0.2, -0.15) is 0 Å². The number of nitrogens with zero attached hydrogens (tertiary/aromatic N) is 1. The number of rotatable bonds is 9. The highest BCUT2D eigenvalue weighted by atomic mass is 16.5. The molecule has 0 aromatic heterocycles. The number of hydrogen-bond acceptors (Lipinski definition) is 4. The summed E-state index contributed by atoms with van der Waals surface area (Å²) in [6.45, 7) is 11.6. The van der Waals surface area contributed by atoms with Gasteiger partial charge in [0.2, 0.25) is 0 Å². The van der Waals surface area contributed by atoms with Crippen LogP contribution < -0.4 is 0 Å². The quantitative estimate of drug-likeness (QED) is 0.469. The van der Waals surface area contributed by atoms with Gasteiger partial charge in [-0.3, -0.25) is 14.5 Å². The number of ketones is 1. The zero-order valence-corrected chi connectivity index (χ0v) is 12.4. The fraction of sp³-hybridized carbons (Fsp3) is 0.857. The lowest BCUT2D eigenvalue weighted by Gasteiger charge is -2.26. The molecule has 0 amide bonds. The molecule has 4 nitrogen and oxygen atoms in total. The Hall–Kier alpha value is -0.900. The van der Waals surface area contributed by atoms with E-state index in [0.717, 1.165) is 25.9 Å². The molecule has 0 rings (SSSR count). The van der Waals surface area contributed by atoms with Crippen molar-refractivity contribution in [3.8, 4) is 0 Å². The van der Waals surface area contributed by atoms with E-state index < -0.39 is 11.4 Å². The zero-order valence-electron chi connectivity index (χ0n) is 12.4. The second kappa shape index (κ2) is 8.25. The van der Waals surface area contributed by atoms with Crippen LogP contribution >= 0.6 is 0 Å². The highest BCUT2D eigenvalue weighted by Crippen LogP contribution is 2.19. The van der Waals surface area contributed by atoms with E-state index in [2.05, 4.69) is 18.7 Å². The summed E-state index contributed by atoms with van der Waals surface area (Å²) in [7, 11) is 0. The molecule has 0 aromatic carbocycles. The third kappa shape index (κ3) is 5.17. The highest BCUT2D eigenvalue weighted by molar-refractivity contribution is 6.03. The van der Waals surface area contributed by atoms with Crippen LogP contribution in [0.2, 0.25) is 0 Å². The summed E-state index contributed by atoms with van der Waals surface area (Å²) in [5, 5.41) is 0. The van der Waals surface area contributed by atoms with Gasteiger partial charge in [0.15, 0.2) is 5.78 Å². The Morgan fingerprint density at radius 2 is 1.56 bits per heavy atom. The lowest BCUT2D eigenvalue weighted by molar-refractivity contribution is -0.158. The van der Waals surface area contributed by atoms with Crippen molar-refractivity contribution in [1.82, 2.24) is 4.90 Å². The summed E-state index contributed by atoms with van der Waals surface area (Å²) in [6, 6.07) is 0. The lowest BCUT2D eigenvalue weighted by atomic mass is 9.87. The number of ether oxygens (including phenoxy) is 1. The van der Waals surface area contributed by atoms with Crippen LogP contribution in [-0.4, -0.2) is 42.9 Å². The van der Waals surface area contributed by atoms with Gasteiger partial charge in [0.1, 0.15) is 5.41 Å². The Morgan fingerprint density at radius 1 is 1.06 bits per heavy atom. The largest absolute Gasteiger partial charge is 0.465 e. The molecule has 0 spiro atoms. The van der Waals surface area contributed by atoms with Crippen molar-refractivity contribution in [2.75, 3.05) is 26.2 Å². The number of carbonyl (C=O) groups is 2. The van der Waals surface area contributed by atoms with Gasteiger partial charge < -0.3 is 4.74 Å². The average molecular weight is 257 g/mol. The van der Waals surface area contributed by atoms with Crippen molar-refractivity contribution in [2.45, 2.75) is 47.5 Å². The van der Waals surface area contributed by atoms with E-state index in [0.29, 0.717) is 13.2 Å². The van der Waals surface area contributed by atoms with Crippen LogP contribution in [0.25, 0.3) is 0 Å². The highest BCUT2D eigenvalue weighted by Gasteiger charge is 2.37. The van der Waals surface area contributed by atoms with Crippen molar-refractivity contribution >= 4 is 11.8 Å². The molecule has 0 aromatic rings. The standard InChI is InChI=1S/C14H27NO3/c1-6-9-15(10-7-2)11-12(16)14(4,5)13(17)18-8-3/h6-11H2,1-5H3. The predicted molar refractivity (Wildman–Crippen MR) is 72.4 cm³/mol. The van der Waals surface area contributed by atoms with E-state index in [1.807, 2.05) is 0 Å². The summed E-state index contributed by atoms with van der Waals surface area (Å²) < 4.78 is 4.95. The molecular formula is C14H27NO3. The monoisotopic (exact) mass is 257 g/mol. The maximum absolute atomic E-state index is 12.2. The number of carbonyl (C=O) groups excluding carboxylic acids is 2. The molecule has 0 radical (unpaired) electrons. The van der Waals surface area contributed by atoms with Crippen LogP contribution in [0.3, 0.4) is 0 Å². The molecule has 4 heteroatoms. The van der Waals surface area contributed by atoms with Gasteiger partial charge >= 0.3 is 5.97 Å². The minimum absolute atomic E-state index is 0.0668. The maximum Gasteiger partial charge on any atom is 0.319 e. The van der Waals surface area contributed by atoms with Gasteiger partial charge in [-0.05, 0) is 46.7 Å². The fourth-order valence-electron chi connectivity index (χ4n) is 1.73. The molecule has 0 N–H and O–H groups in total. The summed E-state index contributed by atoms with van der Waals surface area (Å²) in [5.41, 5.74) is -1.05. The Bertz CT molecular complexity index is 268.